The molecule has 0 saturated heterocycles. The van der Waals surface area contributed by atoms with Gasteiger partial charge >= 0.3 is 0 Å². The highest BCUT2D eigenvalue weighted by Gasteiger charge is 2.06. The number of ether oxygens (including phenoxy) is 2. The smallest absolute Gasteiger partial charge is 0.130 e. The van der Waals surface area contributed by atoms with Crippen LogP contribution in [0.5, 0.6) is 5.75 Å². The minimum absolute atomic E-state index is 0.0519. The third kappa shape index (κ3) is 3.97. The normalized spacial score (nSPS) is 13.4. The Morgan fingerprint density at radius 2 is 2.06 bits per heavy atom. The first-order valence-electron chi connectivity index (χ1n) is 5.61. The quantitative estimate of drug-likeness (QED) is 0.704. The predicted molar refractivity (Wildman–Crippen MR) is 66.7 cm³/mol. The average molecular weight is 220 g/mol. The standard InChI is InChI=1S/C14H20O2/c1-5-12(3)15-10-13(4)16-14-9-7-6-8-11(14)2/h5-9,13H,10H2,1-4H3/b12-5+. The lowest BCUT2D eigenvalue weighted by atomic mass is 10.2. The molecule has 1 atom stereocenters. The zero-order valence-electron chi connectivity index (χ0n) is 10.5. The predicted octanol–water partition coefficient (Wildman–Crippen LogP) is 3.70. The summed E-state index contributed by atoms with van der Waals surface area (Å²) in [5.41, 5.74) is 1.15. The van der Waals surface area contributed by atoms with Gasteiger partial charge in [-0.15, -0.1) is 0 Å². The molecule has 2 nitrogen and oxygen atoms in total. The first kappa shape index (κ1) is 12.6. The molecule has 0 amide bonds. The van der Waals surface area contributed by atoms with Crippen LogP contribution >= 0.6 is 0 Å². The summed E-state index contributed by atoms with van der Waals surface area (Å²) in [6, 6.07) is 8.01. The number of para-hydroxylation sites is 1. The second kappa shape index (κ2) is 6.21. The monoisotopic (exact) mass is 220 g/mol. The van der Waals surface area contributed by atoms with E-state index in [9.17, 15) is 0 Å². The van der Waals surface area contributed by atoms with Crippen molar-refractivity contribution in [1.82, 2.24) is 0 Å². The lowest BCUT2D eigenvalue weighted by Gasteiger charge is -2.17. The minimum atomic E-state index is 0.0519. The molecule has 1 aromatic carbocycles. The van der Waals surface area contributed by atoms with Crippen molar-refractivity contribution < 1.29 is 9.47 Å². The summed E-state index contributed by atoms with van der Waals surface area (Å²) in [7, 11) is 0. The Morgan fingerprint density at radius 1 is 1.38 bits per heavy atom. The van der Waals surface area contributed by atoms with Gasteiger partial charge in [-0.05, 0) is 39.3 Å². The van der Waals surface area contributed by atoms with Crippen LogP contribution in [0, 0.1) is 6.92 Å². The molecule has 2 heteroatoms. The summed E-state index contributed by atoms with van der Waals surface area (Å²) in [5, 5.41) is 0. The molecule has 0 radical (unpaired) electrons. The molecule has 1 unspecified atom stereocenters. The Labute approximate surface area is 97.9 Å². The van der Waals surface area contributed by atoms with Crippen LogP contribution < -0.4 is 4.74 Å². The topological polar surface area (TPSA) is 18.5 Å². The van der Waals surface area contributed by atoms with Crippen LogP contribution in [0.15, 0.2) is 36.1 Å². The van der Waals surface area contributed by atoms with Gasteiger partial charge in [-0.2, -0.15) is 0 Å². The molecule has 0 saturated carbocycles. The van der Waals surface area contributed by atoms with E-state index in [2.05, 4.69) is 0 Å². The number of hydrogen-bond acceptors (Lipinski definition) is 2. The van der Waals surface area contributed by atoms with E-state index in [4.69, 9.17) is 9.47 Å². The van der Waals surface area contributed by atoms with Crippen LogP contribution in [0.25, 0.3) is 0 Å². The fourth-order valence-corrected chi connectivity index (χ4v) is 1.27. The summed E-state index contributed by atoms with van der Waals surface area (Å²) in [4.78, 5) is 0. The van der Waals surface area contributed by atoms with Crippen molar-refractivity contribution in [3.63, 3.8) is 0 Å². The maximum atomic E-state index is 5.79. The highest BCUT2D eigenvalue weighted by molar-refractivity contribution is 5.31. The fraction of sp³-hybridized carbons (Fsp3) is 0.429. The molecule has 0 aliphatic heterocycles. The zero-order chi connectivity index (χ0) is 12.0. The molecular formula is C14H20O2. The minimum Gasteiger partial charge on any atom is -0.495 e. The maximum absolute atomic E-state index is 5.79. The van der Waals surface area contributed by atoms with E-state index in [1.807, 2.05) is 58.0 Å². The number of hydrogen-bond donors (Lipinski definition) is 0. The number of allylic oxidation sites excluding steroid dienone is 2. The van der Waals surface area contributed by atoms with E-state index in [0.717, 1.165) is 17.1 Å². The summed E-state index contributed by atoms with van der Waals surface area (Å²) >= 11 is 0. The number of benzene rings is 1. The molecule has 0 N–H and O–H groups in total. The lowest BCUT2D eigenvalue weighted by Crippen LogP contribution is -2.19. The number of rotatable bonds is 5. The summed E-state index contributed by atoms with van der Waals surface area (Å²) in [6.07, 6.45) is 2.00. The number of aryl methyl sites for hydroxylation is 1. The van der Waals surface area contributed by atoms with E-state index in [0.29, 0.717) is 6.61 Å². The van der Waals surface area contributed by atoms with Gasteiger partial charge in [-0.1, -0.05) is 24.3 Å². The van der Waals surface area contributed by atoms with E-state index in [1.54, 1.807) is 0 Å². The third-order valence-electron chi connectivity index (χ3n) is 2.37. The zero-order valence-corrected chi connectivity index (χ0v) is 10.5. The largest absolute Gasteiger partial charge is 0.495 e. The Balaban J connectivity index is 2.46. The van der Waals surface area contributed by atoms with Crippen molar-refractivity contribution in [3.8, 4) is 5.75 Å². The van der Waals surface area contributed by atoms with Gasteiger partial charge in [0.15, 0.2) is 0 Å². The summed E-state index contributed by atoms with van der Waals surface area (Å²) in [5.74, 6) is 1.86. The van der Waals surface area contributed by atoms with Gasteiger partial charge in [0.05, 0.1) is 5.76 Å². The van der Waals surface area contributed by atoms with Gasteiger partial charge in [0.1, 0.15) is 18.5 Å². The highest BCUT2D eigenvalue weighted by Crippen LogP contribution is 2.17. The molecule has 0 aliphatic carbocycles. The van der Waals surface area contributed by atoms with E-state index in [-0.39, 0.29) is 6.10 Å². The van der Waals surface area contributed by atoms with Crippen LogP contribution in [0.4, 0.5) is 0 Å². The SMILES string of the molecule is C/C=C(\C)OCC(C)Oc1ccccc1C. The Bertz CT molecular complexity index is 356. The maximum Gasteiger partial charge on any atom is 0.130 e. The molecule has 1 aromatic rings. The third-order valence-corrected chi connectivity index (χ3v) is 2.37. The van der Waals surface area contributed by atoms with Crippen molar-refractivity contribution in [3.05, 3.63) is 41.7 Å². The molecule has 16 heavy (non-hydrogen) atoms. The second-order valence-electron chi connectivity index (χ2n) is 3.90. The molecule has 0 bridgehead atoms. The molecule has 0 fully saturated rings. The van der Waals surface area contributed by atoms with Crippen LogP contribution in [0.2, 0.25) is 0 Å². The Kier molecular flexibility index (Phi) is 4.90. The van der Waals surface area contributed by atoms with Gasteiger partial charge in [-0.25, -0.2) is 0 Å². The Hall–Kier alpha value is -1.44. The molecule has 0 spiro atoms. The van der Waals surface area contributed by atoms with E-state index >= 15 is 0 Å². The molecule has 0 aliphatic rings. The molecule has 88 valence electrons. The summed E-state index contributed by atoms with van der Waals surface area (Å²) in [6.45, 7) is 8.53. The average Bonchev–Trinajstić information content (AvgIpc) is 2.29. The van der Waals surface area contributed by atoms with Crippen molar-refractivity contribution >= 4 is 0 Å². The van der Waals surface area contributed by atoms with Crippen LogP contribution in [0.1, 0.15) is 26.3 Å². The van der Waals surface area contributed by atoms with E-state index < -0.39 is 0 Å². The molecule has 1 rings (SSSR count). The Morgan fingerprint density at radius 3 is 2.69 bits per heavy atom. The first-order chi connectivity index (χ1) is 7.63. The van der Waals surface area contributed by atoms with Crippen molar-refractivity contribution in [2.75, 3.05) is 6.61 Å². The van der Waals surface area contributed by atoms with Gasteiger partial charge in [0.2, 0.25) is 0 Å². The van der Waals surface area contributed by atoms with Crippen LogP contribution in [0.3, 0.4) is 0 Å². The molecule has 0 heterocycles. The van der Waals surface area contributed by atoms with Gasteiger partial charge < -0.3 is 9.47 Å². The van der Waals surface area contributed by atoms with Crippen molar-refractivity contribution in [1.29, 1.82) is 0 Å². The lowest BCUT2D eigenvalue weighted by molar-refractivity contribution is 0.0999. The van der Waals surface area contributed by atoms with Crippen LogP contribution in [-0.4, -0.2) is 12.7 Å². The van der Waals surface area contributed by atoms with E-state index in [1.165, 1.54) is 0 Å². The summed E-state index contributed by atoms with van der Waals surface area (Å²) < 4.78 is 11.3. The van der Waals surface area contributed by atoms with Gasteiger partial charge in [-0.3, -0.25) is 0 Å². The van der Waals surface area contributed by atoms with Crippen LogP contribution in [-0.2, 0) is 4.74 Å². The second-order valence-corrected chi connectivity index (χ2v) is 3.90. The van der Waals surface area contributed by atoms with Crippen molar-refractivity contribution in [2.24, 2.45) is 0 Å². The fourth-order valence-electron chi connectivity index (χ4n) is 1.27. The highest BCUT2D eigenvalue weighted by atomic mass is 16.5. The van der Waals surface area contributed by atoms with Crippen molar-refractivity contribution in [2.45, 2.75) is 33.8 Å². The molecule has 0 aromatic heterocycles. The van der Waals surface area contributed by atoms with Gasteiger partial charge in [0.25, 0.3) is 0 Å². The molecular weight excluding hydrogens is 200 g/mol. The first-order valence-corrected chi connectivity index (χ1v) is 5.61. The van der Waals surface area contributed by atoms with Gasteiger partial charge in [0, 0.05) is 0 Å².